The molecule has 3 aromatic heterocycles. The summed E-state index contributed by atoms with van der Waals surface area (Å²) in [6, 6.07) is 3.59. The van der Waals surface area contributed by atoms with Crippen LogP contribution in [0.15, 0.2) is 29.4 Å². The summed E-state index contributed by atoms with van der Waals surface area (Å²) in [4.78, 5) is 4.73. The van der Waals surface area contributed by atoms with Gasteiger partial charge in [0.1, 0.15) is 4.90 Å². The topological polar surface area (TPSA) is 85.4 Å². The van der Waals surface area contributed by atoms with Crippen molar-refractivity contribution >= 4 is 15.7 Å². The van der Waals surface area contributed by atoms with Gasteiger partial charge in [-0.15, -0.1) is 0 Å². The normalized spacial score (nSPS) is 18.7. The van der Waals surface area contributed by atoms with Gasteiger partial charge in [-0.2, -0.15) is 14.5 Å². The summed E-state index contributed by atoms with van der Waals surface area (Å²) in [5.41, 5.74) is 2.95. The summed E-state index contributed by atoms with van der Waals surface area (Å²) in [6.45, 7) is 11.1. The molecule has 1 aliphatic rings. The van der Waals surface area contributed by atoms with Crippen molar-refractivity contribution < 1.29 is 8.42 Å². The molecule has 8 nitrogen and oxygen atoms in total. The fourth-order valence-electron chi connectivity index (χ4n) is 3.90. The molecule has 0 bridgehead atoms. The Kier molecular flexibility index (Phi) is 4.77. The molecule has 4 heterocycles. The number of hydrogen-bond acceptors (Lipinski definition) is 5. The van der Waals surface area contributed by atoms with Gasteiger partial charge in [0.15, 0.2) is 5.65 Å². The quantitative estimate of drug-likeness (QED) is 0.652. The monoisotopic (exact) mass is 416 g/mol. The van der Waals surface area contributed by atoms with Gasteiger partial charge in [-0.3, -0.25) is 4.68 Å². The Bertz CT molecular complexity index is 1160. The summed E-state index contributed by atoms with van der Waals surface area (Å²) in [5, 5.41) is 9.10. The lowest BCUT2D eigenvalue weighted by Crippen LogP contribution is -2.32. The number of rotatable bonds is 4. The zero-order valence-electron chi connectivity index (χ0n) is 17.6. The molecule has 1 atom stereocenters. The average molecular weight is 417 g/mol. The third-order valence-electron chi connectivity index (χ3n) is 5.51. The Morgan fingerprint density at radius 3 is 2.66 bits per heavy atom. The van der Waals surface area contributed by atoms with Crippen molar-refractivity contribution in [2.75, 3.05) is 6.54 Å². The SMILES string of the molecule is CCn1cc(S(=O)(=O)N2CCC[C@H]2c2ccnc3cc(C(C)(C)C)nn23)c(C)n1. The third kappa shape index (κ3) is 3.36. The molecule has 0 aliphatic carbocycles. The predicted octanol–water partition coefficient (Wildman–Crippen LogP) is 3.08. The highest BCUT2D eigenvalue weighted by Crippen LogP contribution is 2.37. The molecule has 0 aromatic carbocycles. The van der Waals surface area contributed by atoms with E-state index in [9.17, 15) is 8.42 Å². The summed E-state index contributed by atoms with van der Waals surface area (Å²) in [5.74, 6) is 0. The van der Waals surface area contributed by atoms with E-state index in [-0.39, 0.29) is 16.4 Å². The third-order valence-corrected chi connectivity index (χ3v) is 7.52. The van der Waals surface area contributed by atoms with Crippen LogP contribution in [0.5, 0.6) is 0 Å². The van der Waals surface area contributed by atoms with Crippen LogP contribution in [0.2, 0.25) is 0 Å². The van der Waals surface area contributed by atoms with Crippen LogP contribution in [0.25, 0.3) is 5.65 Å². The maximum atomic E-state index is 13.5. The maximum Gasteiger partial charge on any atom is 0.247 e. The molecule has 0 spiro atoms. The van der Waals surface area contributed by atoms with E-state index in [4.69, 9.17) is 5.10 Å². The van der Waals surface area contributed by atoms with Gasteiger partial charge in [0.2, 0.25) is 10.0 Å². The van der Waals surface area contributed by atoms with E-state index in [0.717, 1.165) is 29.9 Å². The number of aryl methyl sites for hydroxylation is 2. The van der Waals surface area contributed by atoms with Crippen LogP contribution in [-0.2, 0) is 22.0 Å². The molecule has 0 saturated carbocycles. The number of sulfonamides is 1. The molecule has 1 saturated heterocycles. The van der Waals surface area contributed by atoms with Gasteiger partial charge in [-0.05, 0) is 32.8 Å². The van der Waals surface area contributed by atoms with E-state index in [1.807, 2.05) is 19.1 Å². The Labute approximate surface area is 171 Å². The predicted molar refractivity (Wildman–Crippen MR) is 110 cm³/mol. The van der Waals surface area contributed by atoms with Crippen molar-refractivity contribution in [3.63, 3.8) is 0 Å². The van der Waals surface area contributed by atoms with Gasteiger partial charge in [-0.1, -0.05) is 20.8 Å². The molecule has 3 aromatic rings. The van der Waals surface area contributed by atoms with Crippen molar-refractivity contribution in [1.82, 2.24) is 28.7 Å². The molecule has 0 radical (unpaired) electrons. The van der Waals surface area contributed by atoms with Crippen molar-refractivity contribution in [1.29, 1.82) is 0 Å². The molecular formula is C20H28N6O2S. The van der Waals surface area contributed by atoms with Crippen LogP contribution in [0.4, 0.5) is 0 Å². The highest BCUT2D eigenvalue weighted by molar-refractivity contribution is 7.89. The molecular weight excluding hydrogens is 388 g/mol. The molecule has 156 valence electrons. The van der Waals surface area contributed by atoms with E-state index in [1.165, 1.54) is 0 Å². The zero-order chi connectivity index (χ0) is 21.0. The number of fused-ring (bicyclic) bond motifs is 1. The van der Waals surface area contributed by atoms with Crippen molar-refractivity contribution in [2.24, 2.45) is 0 Å². The van der Waals surface area contributed by atoms with Crippen LogP contribution >= 0.6 is 0 Å². The second kappa shape index (κ2) is 6.91. The number of hydrogen-bond donors (Lipinski definition) is 0. The minimum absolute atomic E-state index is 0.113. The van der Waals surface area contributed by atoms with Crippen LogP contribution in [-0.4, -0.2) is 43.6 Å². The van der Waals surface area contributed by atoms with E-state index in [2.05, 4.69) is 30.9 Å². The summed E-state index contributed by atoms with van der Waals surface area (Å²) < 4.78 is 32.1. The van der Waals surface area contributed by atoms with Crippen LogP contribution in [0.3, 0.4) is 0 Å². The largest absolute Gasteiger partial charge is 0.271 e. The van der Waals surface area contributed by atoms with Gasteiger partial charge in [-0.25, -0.2) is 17.9 Å². The lowest BCUT2D eigenvalue weighted by Gasteiger charge is -2.24. The average Bonchev–Trinajstić information content (AvgIpc) is 3.38. The smallest absolute Gasteiger partial charge is 0.247 e. The molecule has 1 fully saturated rings. The standard InChI is InChI=1S/C20H28N6O2S/c1-6-24-13-17(14(2)22-24)29(27,28)25-11-7-8-15(25)16-9-10-21-19-12-18(20(3,4)5)23-26(16)19/h9-10,12-13,15H,6-8,11H2,1-5H3/t15-/m0/s1. The summed E-state index contributed by atoms with van der Waals surface area (Å²) in [7, 11) is -3.66. The second-order valence-corrected chi connectivity index (χ2v) is 10.5. The van der Waals surface area contributed by atoms with Crippen LogP contribution in [0, 0.1) is 6.92 Å². The number of nitrogens with zero attached hydrogens (tertiary/aromatic N) is 6. The van der Waals surface area contributed by atoms with Gasteiger partial charge in [0.25, 0.3) is 0 Å². The molecule has 29 heavy (non-hydrogen) atoms. The maximum absolute atomic E-state index is 13.5. The minimum atomic E-state index is -3.66. The summed E-state index contributed by atoms with van der Waals surface area (Å²) in [6.07, 6.45) is 4.93. The Hall–Kier alpha value is -2.26. The van der Waals surface area contributed by atoms with E-state index < -0.39 is 10.0 Å². The van der Waals surface area contributed by atoms with Gasteiger partial charge >= 0.3 is 0 Å². The van der Waals surface area contributed by atoms with Gasteiger partial charge in [0.05, 0.1) is 23.1 Å². The molecule has 0 amide bonds. The van der Waals surface area contributed by atoms with Crippen molar-refractivity contribution in [2.45, 2.75) is 70.4 Å². The van der Waals surface area contributed by atoms with Gasteiger partial charge in [0, 0.05) is 37.0 Å². The summed E-state index contributed by atoms with van der Waals surface area (Å²) >= 11 is 0. The lowest BCUT2D eigenvalue weighted by molar-refractivity contribution is 0.384. The molecule has 9 heteroatoms. The molecule has 0 N–H and O–H groups in total. The number of aromatic nitrogens is 5. The first-order valence-corrected chi connectivity index (χ1v) is 11.5. The fourth-order valence-corrected chi connectivity index (χ4v) is 5.74. The second-order valence-electron chi connectivity index (χ2n) is 8.63. The van der Waals surface area contributed by atoms with Gasteiger partial charge < -0.3 is 0 Å². The van der Waals surface area contributed by atoms with Crippen molar-refractivity contribution in [3.8, 4) is 0 Å². The Morgan fingerprint density at radius 1 is 1.24 bits per heavy atom. The first-order valence-electron chi connectivity index (χ1n) is 10.0. The lowest BCUT2D eigenvalue weighted by atomic mass is 9.93. The van der Waals surface area contributed by atoms with Crippen molar-refractivity contribution in [3.05, 3.63) is 41.6 Å². The van der Waals surface area contributed by atoms with Crippen LogP contribution < -0.4 is 0 Å². The first-order chi connectivity index (χ1) is 13.6. The zero-order valence-corrected chi connectivity index (χ0v) is 18.4. The first kappa shape index (κ1) is 20.0. The van der Waals surface area contributed by atoms with Crippen LogP contribution in [0.1, 0.15) is 63.7 Å². The van der Waals surface area contributed by atoms with E-state index in [1.54, 1.807) is 32.8 Å². The Morgan fingerprint density at radius 2 is 2.00 bits per heavy atom. The molecule has 0 unspecified atom stereocenters. The highest BCUT2D eigenvalue weighted by atomic mass is 32.2. The Balaban J connectivity index is 1.79. The molecule has 4 rings (SSSR count). The highest BCUT2D eigenvalue weighted by Gasteiger charge is 2.39. The fraction of sp³-hybridized carbons (Fsp3) is 0.550. The van der Waals surface area contributed by atoms with E-state index >= 15 is 0 Å². The minimum Gasteiger partial charge on any atom is -0.271 e. The van der Waals surface area contributed by atoms with E-state index in [0.29, 0.717) is 18.8 Å². The molecule has 1 aliphatic heterocycles.